The van der Waals surface area contributed by atoms with Crippen molar-refractivity contribution in [1.82, 2.24) is 10.2 Å². The third-order valence-corrected chi connectivity index (χ3v) is 4.45. The van der Waals surface area contributed by atoms with Crippen LogP contribution in [0.5, 0.6) is 0 Å². The lowest BCUT2D eigenvalue weighted by atomic mass is 9.97. The van der Waals surface area contributed by atoms with E-state index in [1.54, 1.807) is 4.90 Å². The van der Waals surface area contributed by atoms with Crippen LogP contribution in [0.25, 0.3) is 0 Å². The molecule has 0 aliphatic carbocycles. The zero-order valence-electron chi connectivity index (χ0n) is 13.5. The van der Waals surface area contributed by atoms with Crippen LogP contribution in [-0.2, 0) is 17.4 Å². The van der Waals surface area contributed by atoms with Gasteiger partial charge in [-0.25, -0.2) is 0 Å². The van der Waals surface area contributed by atoms with Crippen LogP contribution >= 0.6 is 0 Å². The van der Waals surface area contributed by atoms with Crippen LogP contribution in [0.1, 0.15) is 30.9 Å². The molecule has 0 spiro atoms. The second-order valence-corrected chi connectivity index (χ2v) is 6.23. The lowest BCUT2D eigenvalue weighted by molar-refractivity contribution is -0.138. The quantitative estimate of drug-likeness (QED) is 0.921. The van der Waals surface area contributed by atoms with Crippen molar-refractivity contribution in [3.63, 3.8) is 0 Å². The molecule has 2 rings (SSSR count). The van der Waals surface area contributed by atoms with E-state index in [2.05, 4.69) is 5.32 Å². The summed E-state index contributed by atoms with van der Waals surface area (Å²) in [6.07, 6.45) is -1.99. The highest BCUT2D eigenvalue weighted by atomic mass is 19.4. The van der Waals surface area contributed by atoms with E-state index in [-0.39, 0.29) is 17.9 Å². The molecule has 1 heterocycles. The Morgan fingerprint density at radius 2 is 1.83 bits per heavy atom. The molecule has 1 unspecified atom stereocenters. The topological polar surface area (TPSA) is 32.3 Å². The molecular weight excluding hydrogens is 305 g/mol. The molecule has 1 N–H and O–H groups in total. The average Bonchev–Trinajstić information content (AvgIpc) is 2.54. The van der Waals surface area contributed by atoms with Crippen molar-refractivity contribution in [2.75, 3.05) is 20.1 Å². The largest absolute Gasteiger partial charge is 0.416 e. The summed E-state index contributed by atoms with van der Waals surface area (Å²) < 4.78 is 37.7. The van der Waals surface area contributed by atoms with Gasteiger partial charge in [-0.1, -0.05) is 19.1 Å². The number of alkyl halides is 3. The van der Waals surface area contributed by atoms with Gasteiger partial charge in [0.05, 0.1) is 5.56 Å². The van der Waals surface area contributed by atoms with Gasteiger partial charge in [0.1, 0.15) is 0 Å². The van der Waals surface area contributed by atoms with Crippen LogP contribution in [0.15, 0.2) is 24.3 Å². The number of amides is 1. The Bertz CT molecular complexity index is 522. The average molecular weight is 328 g/mol. The number of nitrogens with zero attached hydrogens (tertiary/aromatic N) is 1. The van der Waals surface area contributed by atoms with Gasteiger partial charge in [0.2, 0.25) is 5.91 Å². The smallest absolute Gasteiger partial charge is 0.342 e. The Morgan fingerprint density at radius 1 is 1.26 bits per heavy atom. The minimum Gasteiger partial charge on any atom is -0.342 e. The summed E-state index contributed by atoms with van der Waals surface area (Å²) in [5.41, 5.74) is 0.0876. The van der Waals surface area contributed by atoms with Crippen molar-refractivity contribution in [2.24, 2.45) is 5.92 Å². The normalized spacial score (nSPS) is 17.8. The summed E-state index contributed by atoms with van der Waals surface area (Å²) in [4.78, 5) is 14.3. The molecular formula is C17H23F3N2O. The first-order valence-electron chi connectivity index (χ1n) is 7.92. The highest BCUT2D eigenvalue weighted by Gasteiger charge is 2.30. The van der Waals surface area contributed by atoms with Crippen LogP contribution in [0.4, 0.5) is 13.2 Å². The van der Waals surface area contributed by atoms with Gasteiger partial charge >= 0.3 is 6.18 Å². The molecule has 0 saturated carbocycles. The Balaban J connectivity index is 1.95. The van der Waals surface area contributed by atoms with Crippen molar-refractivity contribution >= 4 is 5.91 Å². The number of rotatable bonds is 4. The van der Waals surface area contributed by atoms with E-state index in [0.29, 0.717) is 6.42 Å². The summed E-state index contributed by atoms with van der Waals surface area (Å²) >= 11 is 0. The molecule has 0 aromatic heterocycles. The number of piperidine rings is 1. The third kappa shape index (κ3) is 4.70. The van der Waals surface area contributed by atoms with E-state index in [9.17, 15) is 18.0 Å². The Kier molecular flexibility index (Phi) is 5.68. The Labute approximate surface area is 134 Å². The first kappa shape index (κ1) is 17.8. The zero-order chi connectivity index (χ0) is 17.0. The number of carbonyl (C=O) groups is 1. The predicted octanol–water partition coefficient (Wildman–Crippen LogP) is 3.09. The molecule has 0 bridgehead atoms. The van der Waals surface area contributed by atoms with Gasteiger partial charge < -0.3 is 10.2 Å². The highest BCUT2D eigenvalue weighted by molar-refractivity contribution is 5.78. The van der Waals surface area contributed by atoms with Gasteiger partial charge in [0.15, 0.2) is 0 Å². The maximum atomic E-state index is 12.6. The first-order chi connectivity index (χ1) is 10.8. The fourth-order valence-corrected chi connectivity index (χ4v) is 2.99. The van der Waals surface area contributed by atoms with E-state index in [1.165, 1.54) is 12.1 Å². The molecule has 128 valence electrons. The molecule has 1 atom stereocenters. The van der Waals surface area contributed by atoms with Gasteiger partial charge in [0.25, 0.3) is 0 Å². The summed E-state index contributed by atoms with van der Waals surface area (Å²) in [7, 11) is 1.82. The number of nitrogens with one attached hydrogen (secondary N) is 1. The molecule has 1 fully saturated rings. The second kappa shape index (κ2) is 7.34. The minimum atomic E-state index is -4.32. The number of hydrogen-bond acceptors (Lipinski definition) is 2. The monoisotopic (exact) mass is 328 g/mol. The molecule has 1 aromatic carbocycles. The Morgan fingerprint density at radius 3 is 2.35 bits per heavy atom. The molecule has 3 nitrogen and oxygen atoms in total. The standard InChI is InChI=1S/C17H23F3N2O/c1-12(16(23)22(2)15-7-9-21-10-8-15)11-13-3-5-14(6-4-13)17(18,19)20/h3-6,12,15,21H,7-11H2,1-2H3. The Hall–Kier alpha value is -1.56. The maximum Gasteiger partial charge on any atom is 0.416 e. The van der Waals surface area contributed by atoms with Crippen LogP contribution in [-0.4, -0.2) is 37.0 Å². The number of benzene rings is 1. The van der Waals surface area contributed by atoms with Crippen molar-refractivity contribution in [2.45, 2.75) is 38.4 Å². The molecule has 1 aliphatic heterocycles. The number of hydrogen-bond donors (Lipinski definition) is 1. The summed E-state index contributed by atoms with van der Waals surface area (Å²) in [6, 6.07) is 5.30. The maximum absolute atomic E-state index is 12.6. The van der Waals surface area contributed by atoms with Gasteiger partial charge in [-0.15, -0.1) is 0 Å². The van der Waals surface area contributed by atoms with Crippen molar-refractivity contribution < 1.29 is 18.0 Å². The lowest BCUT2D eigenvalue weighted by Crippen LogP contribution is -2.45. The van der Waals surface area contributed by atoms with E-state index in [0.717, 1.165) is 43.6 Å². The van der Waals surface area contributed by atoms with Gasteiger partial charge in [-0.2, -0.15) is 13.2 Å². The van der Waals surface area contributed by atoms with Crippen molar-refractivity contribution in [3.05, 3.63) is 35.4 Å². The van der Waals surface area contributed by atoms with E-state index in [1.807, 2.05) is 14.0 Å². The minimum absolute atomic E-state index is 0.0526. The molecule has 1 aliphatic rings. The highest BCUT2D eigenvalue weighted by Crippen LogP contribution is 2.29. The van der Waals surface area contributed by atoms with Crippen LogP contribution in [0, 0.1) is 5.92 Å². The van der Waals surface area contributed by atoms with Gasteiger partial charge in [-0.3, -0.25) is 4.79 Å². The first-order valence-corrected chi connectivity index (χ1v) is 7.92. The van der Waals surface area contributed by atoms with E-state index >= 15 is 0 Å². The van der Waals surface area contributed by atoms with Crippen LogP contribution in [0.3, 0.4) is 0 Å². The van der Waals surface area contributed by atoms with Crippen LogP contribution < -0.4 is 5.32 Å². The molecule has 1 amide bonds. The molecule has 0 radical (unpaired) electrons. The fraction of sp³-hybridized carbons (Fsp3) is 0.588. The number of carbonyl (C=O) groups excluding carboxylic acids is 1. The van der Waals surface area contributed by atoms with E-state index < -0.39 is 11.7 Å². The van der Waals surface area contributed by atoms with Gasteiger partial charge in [-0.05, 0) is 50.0 Å². The molecule has 1 aromatic rings. The zero-order valence-corrected chi connectivity index (χ0v) is 13.5. The van der Waals surface area contributed by atoms with E-state index in [4.69, 9.17) is 0 Å². The summed E-state index contributed by atoms with van der Waals surface area (Å²) in [5, 5.41) is 3.27. The summed E-state index contributed by atoms with van der Waals surface area (Å²) in [6.45, 7) is 3.66. The molecule has 6 heteroatoms. The molecule has 1 saturated heterocycles. The lowest BCUT2D eigenvalue weighted by Gasteiger charge is -2.33. The van der Waals surface area contributed by atoms with Crippen molar-refractivity contribution in [1.29, 1.82) is 0 Å². The third-order valence-electron chi connectivity index (χ3n) is 4.45. The van der Waals surface area contributed by atoms with Crippen molar-refractivity contribution in [3.8, 4) is 0 Å². The SMILES string of the molecule is CC(Cc1ccc(C(F)(F)F)cc1)C(=O)N(C)C1CCNCC1. The number of halogens is 3. The summed E-state index contributed by atoms with van der Waals surface area (Å²) in [5.74, 6) is -0.191. The predicted molar refractivity (Wildman–Crippen MR) is 83.0 cm³/mol. The fourth-order valence-electron chi connectivity index (χ4n) is 2.99. The molecule has 23 heavy (non-hydrogen) atoms. The van der Waals surface area contributed by atoms with Gasteiger partial charge in [0, 0.05) is 19.0 Å². The second-order valence-electron chi connectivity index (χ2n) is 6.23. The van der Waals surface area contributed by atoms with Crippen LogP contribution in [0.2, 0.25) is 0 Å².